The molecule has 2 aromatic carbocycles. The van der Waals surface area contributed by atoms with Gasteiger partial charge in [-0.1, -0.05) is 0 Å². The molecule has 0 radical (unpaired) electrons. The van der Waals surface area contributed by atoms with Crippen LogP contribution in [-0.2, 0) is 18.0 Å². The molecule has 0 aliphatic carbocycles. The smallest absolute Gasteiger partial charge is 0.431 e. The first-order chi connectivity index (χ1) is 16.9. The van der Waals surface area contributed by atoms with Crippen LogP contribution < -0.4 is 20.7 Å². The molecule has 0 aliphatic heterocycles. The average Bonchev–Trinajstić information content (AvgIpc) is 2.81. The summed E-state index contributed by atoms with van der Waals surface area (Å²) < 4.78 is 65.0. The molecule has 1 aromatic heterocycles. The number of nitrogens with zero attached hydrogens (tertiary/aromatic N) is 4. The van der Waals surface area contributed by atoms with Gasteiger partial charge in [0.15, 0.2) is 18.1 Å². The molecule has 0 saturated carbocycles. The van der Waals surface area contributed by atoms with Crippen LogP contribution in [0.3, 0.4) is 0 Å². The van der Waals surface area contributed by atoms with Gasteiger partial charge in [-0.3, -0.25) is 9.36 Å². The summed E-state index contributed by atoms with van der Waals surface area (Å²) in [5.41, 5.74) is -5.85. The van der Waals surface area contributed by atoms with Gasteiger partial charge >= 0.3 is 17.8 Å². The van der Waals surface area contributed by atoms with Gasteiger partial charge in [-0.25, -0.2) is 18.5 Å². The minimum Gasteiger partial charge on any atom is -0.479 e. The number of aliphatic carboxylic acids is 1. The second kappa shape index (κ2) is 9.63. The number of halogens is 4. The summed E-state index contributed by atoms with van der Waals surface area (Å²) in [6.07, 6.45) is -5.04. The van der Waals surface area contributed by atoms with Gasteiger partial charge in [-0.2, -0.15) is 23.7 Å². The van der Waals surface area contributed by atoms with Crippen molar-refractivity contribution >= 4 is 5.97 Å². The van der Waals surface area contributed by atoms with E-state index in [1.807, 2.05) is 0 Å². The topological polar surface area (TPSA) is 147 Å². The van der Waals surface area contributed by atoms with Crippen LogP contribution in [-0.4, -0.2) is 26.8 Å². The number of carboxylic acid groups (broad SMARTS) is 1. The first-order valence-electron chi connectivity index (χ1n) is 9.58. The standard InChI is InChI=1S/C22H12F4N4O6/c1-29-18(22(24,25)26)7-19(31)30(21(29)34)14-6-16(12(9-28)5-13(14)23)36-17-4-11(8-27)2-3-15(17)35-10-20(32)33/h2-7H,10H2,1H3,(H,32,33). The Morgan fingerprint density at radius 3 is 2.33 bits per heavy atom. The molecule has 0 amide bonds. The molecule has 3 aromatic rings. The van der Waals surface area contributed by atoms with Crippen molar-refractivity contribution in [2.75, 3.05) is 6.61 Å². The van der Waals surface area contributed by atoms with E-state index in [-0.39, 0.29) is 32.3 Å². The first kappa shape index (κ1) is 25.5. The molecule has 14 heteroatoms. The van der Waals surface area contributed by atoms with Gasteiger partial charge in [0.2, 0.25) is 0 Å². The van der Waals surface area contributed by atoms with Gasteiger partial charge in [0.1, 0.15) is 23.3 Å². The average molecular weight is 504 g/mol. The predicted octanol–water partition coefficient (Wildman–Crippen LogP) is 2.69. The van der Waals surface area contributed by atoms with E-state index >= 15 is 0 Å². The molecule has 0 bridgehead atoms. The molecule has 0 spiro atoms. The highest BCUT2D eigenvalue weighted by atomic mass is 19.4. The lowest BCUT2D eigenvalue weighted by atomic mass is 10.1. The Hall–Kier alpha value is -5.11. The number of hydrogen-bond acceptors (Lipinski definition) is 7. The van der Waals surface area contributed by atoms with E-state index < -0.39 is 58.5 Å². The van der Waals surface area contributed by atoms with E-state index in [0.717, 1.165) is 19.2 Å². The SMILES string of the molecule is Cn1c(C(F)(F)F)cc(=O)n(-c2cc(Oc3cc(C#N)ccc3OCC(=O)O)c(C#N)cc2F)c1=O. The Kier molecular flexibility index (Phi) is 6.83. The van der Waals surface area contributed by atoms with Gasteiger partial charge in [-0.15, -0.1) is 0 Å². The van der Waals surface area contributed by atoms with Gasteiger partial charge < -0.3 is 14.6 Å². The fraction of sp³-hybridized carbons (Fsp3) is 0.136. The number of ether oxygens (including phenoxy) is 2. The highest BCUT2D eigenvalue weighted by Gasteiger charge is 2.35. The highest BCUT2D eigenvalue weighted by Crippen LogP contribution is 2.35. The Labute approximate surface area is 198 Å². The second-order valence-corrected chi connectivity index (χ2v) is 7.01. The van der Waals surface area contributed by atoms with Crippen LogP contribution in [0.15, 0.2) is 46.0 Å². The van der Waals surface area contributed by atoms with Crippen LogP contribution in [0.4, 0.5) is 17.6 Å². The highest BCUT2D eigenvalue weighted by molar-refractivity contribution is 5.68. The van der Waals surface area contributed by atoms with Crippen molar-refractivity contribution in [1.29, 1.82) is 10.5 Å². The van der Waals surface area contributed by atoms with E-state index in [1.54, 1.807) is 12.1 Å². The molecule has 0 aliphatic rings. The number of rotatable bonds is 6. The van der Waals surface area contributed by atoms with Crippen molar-refractivity contribution in [3.63, 3.8) is 0 Å². The number of carboxylic acids is 1. The molecule has 0 fully saturated rings. The van der Waals surface area contributed by atoms with Crippen molar-refractivity contribution in [1.82, 2.24) is 9.13 Å². The van der Waals surface area contributed by atoms with E-state index in [2.05, 4.69) is 0 Å². The molecular weight excluding hydrogens is 492 g/mol. The zero-order chi connectivity index (χ0) is 26.8. The van der Waals surface area contributed by atoms with Crippen molar-refractivity contribution in [2.24, 2.45) is 7.05 Å². The molecule has 0 atom stereocenters. The summed E-state index contributed by atoms with van der Waals surface area (Å²) >= 11 is 0. The lowest BCUT2D eigenvalue weighted by Gasteiger charge is -2.16. The maximum absolute atomic E-state index is 14.8. The van der Waals surface area contributed by atoms with Gasteiger partial charge in [-0.05, 0) is 18.2 Å². The van der Waals surface area contributed by atoms with Gasteiger partial charge in [0.05, 0.1) is 22.9 Å². The zero-order valence-electron chi connectivity index (χ0n) is 18.0. The Morgan fingerprint density at radius 1 is 1.06 bits per heavy atom. The predicted molar refractivity (Wildman–Crippen MR) is 111 cm³/mol. The van der Waals surface area contributed by atoms with Crippen molar-refractivity contribution in [3.8, 4) is 35.1 Å². The van der Waals surface area contributed by atoms with Crippen LogP contribution in [0.25, 0.3) is 5.69 Å². The third kappa shape index (κ3) is 5.02. The summed E-state index contributed by atoms with van der Waals surface area (Å²) in [6, 6.07) is 8.42. The third-order valence-corrected chi connectivity index (χ3v) is 4.66. The van der Waals surface area contributed by atoms with Crippen molar-refractivity contribution < 1.29 is 36.9 Å². The van der Waals surface area contributed by atoms with E-state index in [4.69, 9.17) is 19.8 Å². The Bertz CT molecular complexity index is 1580. The minimum atomic E-state index is -5.04. The molecule has 0 saturated heterocycles. The quantitative estimate of drug-likeness (QED) is 0.504. The van der Waals surface area contributed by atoms with Crippen LogP contribution >= 0.6 is 0 Å². The maximum atomic E-state index is 14.8. The normalized spacial score (nSPS) is 10.9. The van der Waals surface area contributed by atoms with Crippen LogP contribution in [0.1, 0.15) is 16.8 Å². The second-order valence-electron chi connectivity index (χ2n) is 7.01. The number of nitriles is 2. The molecule has 1 heterocycles. The van der Waals surface area contributed by atoms with E-state index in [0.29, 0.717) is 6.07 Å². The third-order valence-electron chi connectivity index (χ3n) is 4.66. The fourth-order valence-corrected chi connectivity index (χ4v) is 3.04. The largest absolute Gasteiger partial charge is 0.479 e. The summed E-state index contributed by atoms with van der Waals surface area (Å²) in [5.74, 6) is -3.58. The molecule has 184 valence electrons. The number of benzene rings is 2. The monoisotopic (exact) mass is 504 g/mol. The fourth-order valence-electron chi connectivity index (χ4n) is 3.04. The number of alkyl halides is 3. The molecule has 3 rings (SSSR count). The zero-order valence-corrected chi connectivity index (χ0v) is 18.0. The number of hydrogen-bond donors (Lipinski definition) is 1. The summed E-state index contributed by atoms with van der Waals surface area (Å²) in [7, 11) is 0.736. The minimum absolute atomic E-state index is 0.0290. The number of carbonyl (C=O) groups is 1. The van der Waals surface area contributed by atoms with E-state index in [9.17, 15) is 37.2 Å². The molecule has 36 heavy (non-hydrogen) atoms. The lowest BCUT2D eigenvalue weighted by Crippen LogP contribution is -2.41. The maximum Gasteiger partial charge on any atom is 0.431 e. The van der Waals surface area contributed by atoms with Crippen LogP contribution in [0.5, 0.6) is 17.2 Å². The van der Waals surface area contributed by atoms with Crippen LogP contribution in [0.2, 0.25) is 0 Å². The number of aromatic nitrogens is 2. The first-order valence-corrected chi connectivity index (χ1v) is 9.58. The molecule has 1 N–H and O–H groups in total. The van der Waals surface area contributed by atoms with E-state index in [1.165, 1.54) is 12.1 Å². The Balaban J connectivity index is 2.21. The summed E-state index contributed by atoms with van der Waals surface area (Å²) in [4.78, 5) is 35.8. The van der Waals surface area contributed by atoms with Gasteiger partial charge in [0.25, 0.3) is 5.56 Å². The Morgan fingerprint density at radius 2 is 1.75 bits per heavy atom. The molecule has 10 nitrogen and oxygen atoms in total. The molecule has 0 unspecified atom stereocenters. The van der Waals surface area contributed by atoms with Crippen molar-refractivity contribution in [3.05, 3.63) is 79.9 Å². The van der Waals surface area contributed by atoms with Gasteiger partial charge in [0, 0.05) is 25.2 Å². The summed E-state index contributed by atoms with van der Waals surface area (Å²) in [6.45, 7) is -0.807. The van der Waals surface area contributed by atoms with Crippen LogP contribution in [0, 0.1) is 28.5 Å². The van der Waals surface area contributed by atoms with Crippen molar-refractivity contribution in [2.45, 2.75) is 6.18 Å². The lowest BCUT2D eigenvalue weighted by molar-refractivity contribution is -0.144. The summed E-state index contributed by atoms with van der Waals surface area (Å²) in [5, 5.41) is 27.4. The molecular formula is C22H12F4N4O6.